The number of anilines is 2. The van der Waals surface area contributed by atoms with Gasteiger partial charge in [0, 0.05) is 42.0 Å². The minimum atomic E-state index is -0.637. The quantitative estimate of drug-likeness (QED) is 0.525. The minimum absolute atomic E-state index is 0.157. The van der Waals surface area contributed by atoms with E-state index >= 15 is 0 Å². The van der Waals surface area contributed by atoms with Gasteiger partial charge in [0.2, 0.25) is 0 Å². The molecule has 0 aliphatic carbocycles. The number of nitrogens with zero attached hydrogens (tertiary/aromatic N) is 3. The van der Waals surface area contributed by atoms with Crippen molar-refractivity contribution in [1.29, 1.82) is 0 Å². The van der Waals surface area contributed by atoms with Gasteiger partial charge in [-0.3, -0.25) is 19.7 Å². The predicted molar refractivity (Wildman–Crippen MR) is 118 cm³/mol. The van der Waals surface area contributed by atoms with E-state index in [0.29, 0.717) is 27.7 Å². The number of aliphatic hydroxyl groups excluding tert-OH is 1. The van der Waals surface area contributed by atoms with Gasteiger partial charge in [-0.2, -0.15) is 0 Å². The molecule has 0 spiro atoms. The molecule has 0 saturated carbocycles. The Morgan fingerprint density at radius 1 is 1.07 bits per heavy atom. The zero-order chi connectivity index (χ0) is 21.7. The smallest absolute Gasteiger partial charge is 0.255 e. The van der Waals surface area contributed by atoms with Crippen molar-refractivity contribution >= 4 is 28.9 Å². The molecular weight excluding hydrogens is 402 g/mol. The first-order valence-electron chi connectivity index (χ1n) is 9.64. The van der Waals surface area contributed by atoms with Gasteiger partial charge in [0.15, 0.2) is 0 Å². The van der Waals surface area contributed by atoms with Crippen molar-refractivity contribution in [2.75, 3.05) is 11.9 Å². The summed E-state index contributed by atoms with van der Waals surface area (Å²) in [5.41, 5.74) is 4.11. The minimum Gasteiger partial charge on any atom is -0.392 e. The van der Waals surface area contributed by atoms with Crippen molar-refractivity contribution in [3.63, 3.8) is 0 Å². The first-order chi connectivity index (χ1) is 14.3. The Morgan fingerprint density at radius 3 is 2.53 bits per heavy atom. The SMILES string of the molecule is CC(O)CNC(=O)c1cnccc1Nc1cc(-c2cc(Cl)ccn2)ncc1C(C)C. The Balaban J connectivity index is 1.98. The molecule has 0 fully saturated rings. The van der Waals surface area contributed by atoms with Crippen molar-refractivity contribution in [2.24, 2.45) is 0 Å². The van der Waals surface area contributed by atoms with Gasteiger partial charge in [-0.15, -0.1) is 0 Å². The number of pyridine rings is 3. The molecule has 3 aromatic heterocycles. The van der Waals surface area contributed by atoms with Gasteiger partial charge >= 0.3 is 0 Å². The lowest BCUT2D eigenvalue weighted by atomic mass is 10.0. The second-order valence-corrected chi connectivity index (χ2v) is 7.71. The highest BCUT2D eigenvalue weighted by Gasteiger charge is 2.16. The van der Waals surface area contributed by atoms with Crippen LogP contribution in [0.25, 0.3) is 11.4 Å². The number of carbonyl (C=O) groups is 1. The van der Waals surface area contributed by atoms with Crippen LogP contribution in [0.15, 0.2) is 49.1 Å². The second kappa shape index (κ2) is 9.65. The van der Waals surface area contributed by atoms with Crippen LogP contribution in [-0.2, 0) is 0 Å². The van der Waals surface area contributed by atoms with Gasteiger partial charge in [0.05, 0.1) is 28.7 Å². The lowest BCUT2D eigenvalue weighted by Gasteiger charge is -2.18. The molecule has 0 radical (unpaired) electrons. The maximum absolute atomic E-state index is 12.6. The fourth-order valence-corrected chi connectivity index (χ4v) is 3.04. The first-order valence-corrected chi connectivity index (χ1v) is 10.0. The molecule has 3 rings (SSSR count). The van der Waals surface area contributed by atoms with Crippen LogP contribution in [0.4, 0.5) is 11.4 Å². The number of nitrogens with one attached hydrogen (secondary N) is 2. The fourth-order valence-electron chi connectivity index (χ4n) is 2.88. The Kier molecular flexibility index (Phi) is 6.97. The molecule has 0 saturated heterocycles. The van der Waals surface area contributed by atoms with Gasteiger partial charge in [0.1, 0.15) is 0 Å². The standard InChI is InChI=1S/C22H24ClN5O2/c1-13(2)16-12-26-21(20-8-15(23)4-7-25-20)9-19(16)28-18-5-6-24-11-17(18)22(30)27-10-14(3)29/h4-9,11-14,29H,10H2,1-3H3,(H,27,30)(H,24,26,28). The van der Waals surface area contributed by atoms with E-state index in [9.17, 15) is 9.90 Å². The molecule has 0 aliphatic heterocycles. The fraction of sp³-hybridized carbons (Fsp3) is 0.273. The molecular formula is C22H24ClN5O2. The van der Waals surface area contributed by atoms with Crippen LogP contribution < -0.4 is 10.6 Å². The molecule has 3 heterocycles. The van der Waals surface area contributed by atoms with Gasteiger partial charge in [-0.1, -0.05) is 25.4 Å². The topological polar surface area (TPSA) is 100 Å². The first kappa shape index (κ1) is 21.7. The van der Waals surface area contributed by atoms with Gasteiger partial charge in [-0.05, 0) is 42.7 Å². The average molecular weight is 426 g/mol. The monoisotopic (exact) mass is 425 g/mol. The number of amides is 1. The van der Waals surface area contributed by atoms with Crippen LogP contribution in [0.2, 0.25) is 5.02 Å². The molecule has 7 nitrogen and oxygen atoms in total. The highest BCUT2D eigenvalue weighted by atomic mass is 35.5. The number of hydrogen-bond donors (Lipinski definition) is 3. The van der Waals surface area contributed by atoms with Crippen molar-refractivity contribution < 1.29 is 9.90 Å². The van der Waals surface area contributed by atoms with Crippen molar-refractivity contribution in [3.05, 3.63) is 65.2 Å². The van der Waals surface area contributed by atoms with E-state index in [2.05, 4.69) is 39.4 Å². The lowest BCUT2D eigenvalue weighted by molar-refractivity contribution is 0.0924. The number of rotatable bonds is 7. The number of hydrogen-bond acceptors (Lipinski definition) is 6. The number of halogens is 1. The third-order valence-electron chi connectivity index (χ3n) is 4.43. The van der Waals surface area contributed by atoms with E-state index in [1.165, 1.54) is 6.20 Å². The van der Waals surface area contributed by atoms with E-state index in [4.69, 9.17) is 11.6 Å². The Bertz CT molecular complexity index is 1040. The van der Waals surface area contributed by atoms with E-state index in [1.807, 2.05) is 6.07 Å². The molecule has 0 aromatic carbocycles. The van der Waals surface area contributed by atoms with Crippen molar-refractivity contribution in [2.45, 2.75) is 32.8 Å². The summed E-state index contributed by atoms with van der Waals surface area (Å²) in [5.74, 6) is -0.112. The third kappa shape index (κ3) is 5.31. The van der Waals surface area contributed by atoms with E-state index in [-0.39, 0.29) is 18.4 Å². The van der Waals surface area contributed by atoms with Crippen LogP contribution in [0.1, 0.15) is 42.6 Å². The Morgan fingerprint density at radius 2 is 1.83 bits per heavy atom. The van der Waals surface area contributed by atoms with E-state index < -0.39 is 6.10 Å². The highest BCUT2D eigenvalue weighted by Crippen LogP contribution is 2.31. The largest absolute Gasteiger partial charge is 0.392 e. The van der Waals surface area contributed by atoms with Crippen LogP contribution in [-0.4, -0.2) is 38.6 Å². The predicted octanol–water partition coefficient (Wildman–Crippen LogP) is 4.17. The van der Waals surface area contributed by atoms with Crippen LogP contribution >= 0.6 is 11.6 Å². The summed E-state index contributed by atoms with van der Waals surface area (Å²) in [6.07, 6.45) is 5.91. The molecule has 3 N–H and O–H groups in total. The normalized spacial score (nSPS) is 11.9. The summed E-state index contributed by atoms with van der Waals surface area (Å²) in [7, 11) is 0. The Labute approximate surface area is 180 Å². The number of aromatic nitrogens is 3. The number of carbonyl (C=O) groups excluding carboxylic acids is 1. The summed E-state index contributed by atoms with van der Waals surface area (Å²) >= 11 is 6.10. The molecule has 156 valence electrons. The molecule has 1 unspecified atom stereocenters. The van der Waals surface area contributed by atoms with Gasteiger partial charge < -0.3 is 15.7 Å². The van der Waals surface area contributed by atoms with E-state index in [1.54, 1.807) is 43.7 Å². The molecule has 3 aromatic rings. The summed E-state index contributed by atoms with van der Waals surface area (Å²) in [4.78, 5) is 25.5. The van der Waals surface area contributed by atoms with Crippen LogP contribution in [0.3, 0.4) is 0 Å². The van der Waals surface area contributed by atoms with Gasteiger partial charge in [0.25, 0.3) is 5.91 Å². The summed E-state index contributed by atoms with van der Waals surface area (Å²) < 4.78 is 0. The molecule has 0 aliphatic rings. The van der Waals surface area contributed by atoms with Crippen molar-refractivity contribution in [3.8, 4) is 11.4 Å². The van der Waals surface area contributed by atoms with Crippen molar-refractivity contribution in [1.82, 2.24) is 20.3 Å². The summed E-state index contributed by atoms with van der Waals surface area (Å²) in [5, 5.41) is 16.1. The zero-order valence-corrected chi connectivity index (χ0v) is 17.8. The lowest BCUT2D eigenvalue weighted by Crippen LogP contribution is -2.31. The maximum Gasteiger partial charge on any atom is 0.255 e. The second-order valence-electron chi connectivity index (χ2n) is 7.28. The molecule has 8 heteroatoms. The van der Waals surface area contributed by atoms with Gasteiger partial charge in [-0.25, -0.2) is 0 Å². The third-order valence-corrected chi connectivity index (χ3v) is 4.67. The Hall–Kier alpha value is -3.03. The maximum atomic E-state index is 12.6. The highest BCUT2D eigenvalue weighted by molar-refractivity contribution is 6.30. The zero-order valence-electron chi connectivity index (χ0n) is 17.1. The molecule has 0 bridgehead atoms. The number of aliphatic hydroxyl groups is 1. The molecule has 30 heavy (non-hydrogen) atoms. The van der Waals surface area contributed by atoms with Crippen LogP contribution in [0, 0.1) is 0 Å². The average Bonchev–Trinajstić information content (AvgIpc) is 2.72. The summed E-state index contributed by atoms with van der Waals surface area (Å²) in [6.45, 7) is 5.91. The molecule has 1 amide bonds. The molecule has 1 atom stereocenters. The summed E-state index contributed by atoms with van der Waals surface area (Å²) in [6, 6.07) is 7.09. The van der Waals surface area contributed by atoms with E-state index in [0.717, 1.165) is 11.3 Å². The van der Waals surface area contributed by atoms with Crippen LogP contribution in [0.5, 0.6) is 0 Å².